The predicted molar refractivity (Wildman–Crippen MR) is 64.0 cm³/mol. The summed E-state index contributed by atoms with van der Waals surface area (Å²) in [5.41, 5.74) is 0.792. The van der Waals surface area contributed by atoms with Gasteiger partial charge in [-0.1, -0.05) is 6.92 Å². The third-order valence-corrected chi connectivity index (χ3v) is 2.98. The SMILES string of the molecule is CC(c1ccncc1)C(O)c1cc(F)ccc1F. The van der Waals surface area contributed by atoms with Crippen LogP contribution in [0.3, 0.4) is 0 Å². The normalized spacial score (nSPS) is 14.2. The molecule has 1 N–H and O–H groups in total. The summed E-state index contributed by atoms with van der Waals surface area (Å²) in [6.07, 6.45) is 2.10. The molecule has 2 atom stereocenters. The number of hydrogen-bond acceptors (Lipinski definition) is 2. The first-order chi connectivity index (χ1) is 8.59. The molecular formula is C14H13F2NO. The molecule has 0 aliphatic carbocycles. The van der Waals surface area contributed by atoms with Crippen molar-refractivity contribution in [2.75, 3.05) is 0 Å². The molecular weight excluding hydrogens is 236 g/mol. The molecule has 0 radical (unpaired) electrons. The monoisotopic (exact) mass is 249 g/mol. The molecule has 0 saturated carbocycles. The molecule has 1 heterocycles. The lowest BCUT2D eigenvalue weighted by Gasteiger charge is -2.20. The van der Waals surface area contributed by atoms with Gasteiger partial charge in [-0.2, -0.15) is 0 Å². The van der Waals surface area contributed by atoms with Gasteiger partial charge in [0, 0.05) is 23.9 Å². The van der Waals surface area contributed by atoms with Gasteiger partial charge in [-0.25, -0.2) is 8.78 Å². The van der Waals surface area contributed by atoms with Crippen LogP contribution in [0.15, 0.2) is 42.7 Å². The van der Waals surface area contributed by atoms with Crippen LogP contribution < -0.4 is 0 Å². The van der Waals surface area contributed by atoms with Crippen LogP contribution in [0.25, 0.3) is 0 Å². The minimum Gasteiger partial charge on any atom is -0.388 e. The van der Waals surface area contributed by atoms with Gasteiger partial charge in [0.1, 0.15) is 11.6 Å². The quantitative estimate of drug-likeness (QED) is 0.906. The molecule has 1 aromatic carbocycles. The fraction of sp³-hybridized carbons (Fsp3) is 0.214. The van der Waals surface area contributed by atoms with E-state index in [1.807, 2.05) is 0 Å². The lowest BCUT2D eigenvalue weighted by Crippen LogP contribution is -2.10. The lowest BCUT2D eigenvalue weighted by atomic mass is 9.91. The summed E-state index contributed by atoms with van der Waals surface area (Å²) in [5, 5.41) is 10.1. The Hall–Kier alpha value is -1.81. The van der Waals surface area contributed by atoms with Crippen molar-refractivity contribution in [3.05, 3.63) is 65.5 Å². The number of rotatable bonds is 3. The molecule has 2 nitrogen and oxygen atoms in total. The Balaban J connectivity index is 2.31. The van der Waals surface area contributed by atoms with E-state index >= 15 is 0 Å². The first-order valence-corrected chi connectivity index (χ1v) is 5.62. The van der Waals surface area contributed by atoms with E-state index in [1.165, 1.54) is 0 Å². The second-order valence-corrected chi connectivity index (χ2v) is 4.18. The molecule has 0 spiro atoms. The third-order valence-electron chi connectivity index (χ3n) is 2.98. The zero-order valence-corrected chi connectivity index (χ0v) is 9.85. The van der Waals surface area contributed by atoms with Crippen LogP contribution in [0.5, 0.6) is 0 Å². The number of aliphatic hydroxyl groups excluding tert-OH is 1. The van der Waals surface area contributed by atoms with Gasteiger partial charge in [-0.3, -0.25) is 4.98 Å². The third kappa shape index (κ3) is 2.54. The molecule has 0 saturated heterocycles. The van der Waals surface area contributed by atoms with Crippen molar-refractivity contribution in [2.45, 2.75) is 18.9 Å². The van der Waals surface area contributed by atoms with Crippen molar-refractivity contribution in [3.8, 4) is 0 Å². The van der Waals surface area contributed by atoms with E-state index in [2.05, 4.69) is 4.98 Å². The van der Waals surface area contributed by atoms with E-state index in [-0.39, 0.29) is 11.5 Å². The van der Waals surface area contributed by atoms with Gasteiger partial charge in [0.25, 0.3) is 0 Å². The highest BCUT2D eigenvalue weighted by Crippen LogP contribution is 2.31. The Bertz CT molecular complexity index is 531. The molecule has 0 bridgehead atoms. The van der Waals surface area contributed by atoms with E-state index in [0.29, 0.717) is 0 Å². The highest BCUT2D eigenvalue weighted by atomic mass is 19.1. The average Bonchev–Trinajstić information content (AvgIpc) is 2.41. The van der Waals surface area contributed by atoms with Crippen LogP contribution in [0, 0.1) is 11.6 Å². The van der Waals surface area contributed by atoms with Crippen LogP contribution in [0.4, 0.5) is 8.78 Å². The Morgan fingerprint density at radius 3 is 2.44 bits per heavy atom. The van der Waals surface area contributed by atoms with Gasteiger partial charge in [-0.05, 0) is 35.9 Å². The second-order valence-electron chi connectivity index (χ2n) is 4.18. The maximum Gasteiger partial charge on any atom is 0.129 e. The van der Waals surface area contributed by atoms with Gasteiger partial charge in [0.05, 0.1) is 6.10 Å². The Kier molecular flexibility index (Phi) is 3.67. The van der Waals surface area contributed by atoms with E-state index in [0.717, 1.165) is 23.8 Å². The van der Waals surface area contributed by atoms with Gasteiger partial charge >= 0.3 is 0 Å². The highest BCUT2D eigenvalue weighted by Gasteiger charge is 2.21. The lowest BCUT2D eigenvalue weighted by molar-refractivity contribution is 0.146. The number of halogens is 2. The number of hydrogen-bond donors (Lipinski definition) is 1. The summed E-state index contributed by atoms with van der Waals surface area (Å²) < 4.78 is 26.6. The summed E-state index contributed by atoms with van der Waals surface area (Å²) in [4.78, 5) is 3.88. The molecule has 0 amide bonds. The van der Waals surface area contributed by atoms with Crippen LogP contribution >= 0.6 is 0 Å². The topological polar surface area (TPSA) is 33.1 Å². The average molecular weight is 249 g/mol. The largest absolute Gasteiger partial charge is 0.388 e. The zero-order chi connectivity index (χ0) is 13.1. The smallest absolute Gasteiger partial charge is 0.129 e. The van der Waals surface area contributed by atoms with E-state index in [9.17, 15) is 13.9 Å². The van der Waals surface area contributed by atoms with E-state index in [4.69, 9.17) is 0 Å². The van der Waals surface area contributed by atoms with Crippen molar-refractivity contribution in [1.29, 1.82) is 0 Å². The molecule has 94 valence electrons. The summed E-state index contributed by atoms with van der Waals surface area (Å²) in [6.45, 7) is 1.75. The maximum atomic E-state index is 13.6. The van der Waals surface area contributed by atoms with Crippen LogP contribution in [0.2, 0.25) is 0 Å². The fourth-order valence-corrected chi connectivity index (χ4v) is 1.86. The second kappa shape index (κ2) is 5.23. The molecule has 0 fully saturated rings. The number of aromatic nitrogens is 1. The highest BCUT2D eigenvalue weighted by molar-refractivity contribution is 5.26. The van der Waals surface area contributed by atoms with Gasteiger partial charge in [-0.15, -0.1) is 0 Å². The first-order valence-electron chi connectivity index (χ1n) is 5.62. The standard InChI is InChI=1S/C14H13F2NO/c1-9(10-4-6-17-7-5-10)14(18)12-8-11(15)2-3-13(12)16/h2-9,14,18H,1H3. The van der Waals surface area contributed by atoms with Crippen molar-refractivity contribution >= 4 is 0 Å². The minimum atomic E-state index is -1.09. The molecule has 0 aliphatic rings. The predicted octanol–water partition coefficient (Wildman–Crippen LogP) is 3.20. The van der Waals surface area contributed by atoms with Gasteiger partial charge < -0.3 is 5.11 Å². The van der Waals surface area contributed by atoms with Crippen molar-refractivity contribution in [2.24, 2.45) is 0 Å². The van der Waals surface area contributed by atoms with Crippen molar-refractivity contribution in [3.63, 3.8) is 0 Å². The molecule has 2 unspecified atom stereocenters. The summed E-state index contributed by atoms with van der Waals surface area (Å²) in [7, 11) is 0. The minimum absolute atomic E-state index is 0.0284. The number of nitrogens with zero attached hydrogens (tertiary/aromatic N) is 1. The molecule has 4 heteroatoms. The first kappa shape index (κ1) is 12.6. The molecule has 0 aliphatic heterocycles. The van der Waals surface area contributed by atoms with E-state index < -0.39 is 17.7 Å². The Morgan fingerprint density at radius 2 is 1.78 bits per heavy atom. The number of aliphatic hydroxyl groups is 1. The summed E-state index contributed by atoms with van der Waals surface area (Å²) in [5.74, 6) is -1.51. The molecule has 1 aromatic heterocycles. The van der Waals surface area contributed by atoms with Gasteiger partial charge in [0.15, 0.2) is 0 Å². The Morgan fingerprint density at radius 1 is 1.11 bits per heavy atom. The molecule has 2 rings (SSSR count). The molecule has 2 aromatic rings. The Labute approximate surface area is 104 Å². The van der Waals surface area contributed by atoms with Crippen LogP contribution in [0.1, 0.15) is 30.1 Å². The number of pyridine rings is 1. The summed E-state index contributed by atoms with van der Waals surface area (Å²) in [6, 6.07) is 6.56. The van der Waals surface area contributed by atoms with Gasteiger partial charge in [0.2, 0.25) is 0 Å². The van der Waals surface area contributed by atoms with Crippen LogP contribution in [-0.4, -0.2) is 10.1 Å². The van der Waals surface area contributed by atoms with Crippen molar-refractivity contribution in [1.82, 2.24) is 4.98 Å². The summed E-state index contributed by atoms with van der Waals surface area (Å²) >= 11 is 0. The zero-order valence-electron chi connectivity index (χ0n) is 9.85. The number of benzene rings is 1. The maximum absolute atomic E-state index is 13.6. The molecule has 18 heavy (non-hydrogen) atoms. The fourth-order valence-electron chi connectivity index (χ4n) is 1.86. The van der Waals surface area contributed by atoms with Crippen molar-refractivity contribution < 1.29 is 13.9 Å². The van der Waals surface area contributed by atoms with E-state index in [1.54, 1.807) is 31.5 Å². The van der Waals surface area contributed by atoms with Crippen LogP contribution in [-0.2, 0) is 0 Å².